The number of rotatable bonds is 4. The van der Waals surface area contributed by atoms with Crippen molar-refractivity contribution in [1.82, 2.24) is 15.3 Å². The van der Waals surface area contributed by atoms with E-state index in [2.05, 4.69) is 25.9 Å². The number of hydrogen-bond acceptors (Lipinski definition) is 7. The molecule has 9 heteroatoms. The molecule has 1 amide bonds. The number of amides is 1. The predicted octanol–water partition coefficient (Wildman–Crippen LogP) is 0.425. The second-order valence-corrected chi connectivity index (χ2v) is 4.52. The van der Waals surface area contributed by atoms with Crippen LogP contribution in [0.4, 0.5) is 17.5 Å². The first-order chi connectivity index (χ1) is 9.51. The van der Waals surface area contributed by atoms with E-state index >= 15 is 0 Å². The Balaban J connectivity index is 2.26. The number of nitro groups is 1. The number of anilines is 2. The molecule has 1 unspecified atom stereocenters. The molecule has 0 saturated carbocycles. The fourth-order valence-electron chi connectivity index (χ4n) is 2.05. The Bertz CT molecular complexity index is 537. The van der Waals surface area contributed by atoms with E-state index in [9.17, 15) is 14.9 Å². The van der Waals surface area contributed by atoms with E-state index in [1.165, 1.54) is 0 Å². The lowest BCUT2D eigenvalue weighted by Gasteiger charge is -2.24. The summed E-state index contributed by atoms with van der Waals surface area (Å²) in [4.78, 5) is 29.8. The molecule has 1 atom stereocenters. The van der Waals surface area contributed by atoms with Gasteiger partial charge in [0.05, 0.1) is 4.92 Å². The van der Waals surface area contributed by atoms with Crippen molar-refractivity contribution in [2.24, 2.45) is 0 Å². The van der Waals surface area contributed by atoms with Crippen LogP contribution in [0.3, 0.4) is 0 Å². The highest BCUT2D eigenvalue weighted by atomic mass is 16.6. The summed E-state index contributed by atoms with van der Waals surface area (Å²) < 4.78 is 0. The molecule has 1 aliphatic heterocycles. The van der Waals surface area contributed by atoms with Crippen LogP contribution in [0.5, 0.6) is 0 Å². The highest BCUT2D eigenvalue weighted by Gasteiger charge is 2.25. The number of hydrogen-bond donors (Lipinski definition) is 3. The average Bonchev–Trinajstić information content (AvgIpc) is 2.40. The fraction of sp³-hybridized carbons (Fsp3) is 0.545. The van der Waals surface area contributed by atoms with Crippen LogP contribution in [0.1, 0.15) is 18.5 Å². The van der Waals surface area contributed by atoms with Crippen LogP contribution < -0.4 is 16.0 Å². The Morgan fingerprint density at radius 3 is 2.75 bits per heavy atom. The van der Waals surface area contributed by atoms with E-state index in [1.54, 1.807) is 14.0 Å². The van der Waals surface area contributed by atoms with E-state index in [-0.39, 0.29) is 29.1 Å². The molecule has 0 aliphatic carbocycles. The molecule has 0 aromatic carbocycles. The van der Waals surface area contributed by atoms with Crippen molar-refractivity contribution in [3.05, 3.63) is 15.8 Å². The average molecular weight is 280 g/mol. The van der Waals surface area contributed by atoms with Crippen molar-refractivity contribution in [2.45, 2.75) is 25.8 Å². The summed E-state index contributed by atoms with van der Waals surface area (Å²) in [6, 6.07) is -0.0783. The molecule has 108 valence electrons. The van der Waals surface area contributed by atoms with Gasteiger partial charge in [-0.15, -0.1) is 0 Å². The molecule has 9 nitrogen and oxygen atoms in total. The summed E-state index contributed by atoms with van der Waals surface area (Å²) in [6.45, 7) is 1.99. The summed E-state index contributed by atoms with van der Waals surface area (Å²) in [5, 5.41) is 19.6. The molecular formula is C11H16N6O3. The number of piperidine rings is 1. The molecular weight excluding hydrogens is 264 g/mol. The van der Waals surface area contributed by atoms with Crippen molar-refractivity contribution in [3.8, 4) is 0 Å². The van der Waals surface area contributed by atoms with E-state index < -0.39 is 4.92 Å². The highest BCUT2D eigenvalue weighted by Crippen LogP contribution is 2.27. The topological polar surface area (TPSA) is 122 Å². The fourth-order valence-corrected chi connectivity index (χ4v) is 2.05. The van der Waals surface area contributed by atoms with Crippen molar-refractivity contribution in [3.63, 3.8) is 0 Å². The normalized spacial score (nSPS) is 18.3. The molecule has 0 bridgehead atoms. The van der Waals surface area contributed by atoms with Crippen LogP contribution >= 0.6 is 0 Å². The molecule has 1 saturated heterocycles. The van der Waals surface area contributed by atoms with Crippen molar-refractivity contribution in [1.29, 1.82) is 0 Å². The Morgan fingerprint density at radius 2 is 2.20 bits per heavy atom. The second kappa shape index (κ2) is 5.68. The zero-order valence-electron chi connectivity index (χ0n) is 11.3. The maximum Gasteiger partial charge on any atom is 0.332 e. The van der Waals surface area contributed by atoms with Crippen molar-refractivity contribution >= 4 is 23.4 Å². The quantitative estimate of drug-likeness (QED) is 0.539. The summed E-state index contributed by atoms with van der Waals surface area (Å²) in [7, 11) is 1.64. The lowest BCUT2D eigenvalue weighted by atomic mass is 10.1. The predicted molar refractivity (Wildman–Crippen MR) is 72.6 cm³/mol. The van der Waals surface area contributed by atoms with E-state index in [0.29, 0.717) is 25.3 Å². The minimum atomic E-state index is -0.501. The molecule has 0 spiro atoms. The Labute approximate surface area is 115 Å². The Hall–Kier alpha value is -2.45. The van der Waals surface area contributed by atoms with Crippen molar-refractivity contribution in [2.75, 3.05) is 24.2 Å². The maximum atomic E-state index is 11.1. The number of aryl methyl sites for hydroxylation is 1. The number of aromatic nitrogens is 2. The van der Waals surface area contributed by atoms with Gasteiger partial charge in [-0.3, -0.25) is 14.9 Å². The van der Waals surface area contributed by atoms with E-state index in [4.69, 9.17) is 0 Å². The third-order valence-corrected chi connectivity index (χ3v) is 3.07. The number of nitrogens with one attached hydrogen (secondary N) is 3. The molecule has 20 heavy (non-hydrogen) atoms. The van der Waals surface area contributed by atoms with Gasteiger partial charge < -0.3 is 16.0 Å². The summed E-state index contributed by atoms with van der Waals surface area (Å²) in [6.07, 6.45) is 1.01. The number of carbonyl (C=O) groups is 1. The molecule has 1 aromatic rings. The van der Waals surface area contributed by atoms with Crippen LogP contribution in [0.15, 0.2) is 0 Å². The zero-order chi connectivity index (χ0) is 14.7. The number of nitrogens with zero attached hydrogens (tertiary/aromatic N) is 3. The van der Waals surface area contributed by atoms with Gasteiger partial charge in [0.1, 0.15) is 5.69 Å². The van der Waals surface area contributed by atoms with Gasteiger partial charge in [0.15, 0.2) is 0 Å². The SMILES string of the molecule is CNc1nc(C)c([N+](=O)[O-])c(NC2CCC(=O)NC2)n1. The third-order valence-electron chi connectivity index (χ3n) is 3.07. The van der Waals surface area contributed by atoms with Gasteiger partial charge in [-0.1, -0.05) is 0 Å². The summed E-state index contributed by atoms with van der Waals surface area (Å²) in [5.41, 5.74) is 0.151. The minimum Gasteiger partial charge on any atom is -0.360 e. The molecule has 2 heterocycles. The van der Waals surface area contributed by atoms with Crippen LogP contribution in [-0.4, -0.2) is 40.4 Å². The summed E-state index contributed by atoms with van der Waals surface area (Å²) >= 11 is 0. The van der Waals surface area contributed by atoms with Crippen LogP contribution in [0, 0.1) is 17.0 Å². The van der Waals surface area contributed by atoms with E-state index in [0.717, 1.165) is 0 Å². The lowest BCUT2D eigenvalue weighted by molar-refractivity contribution is -0.385. The summed E-state index contributed by atoms with van der Waals surface area (Å²) in [5.74, 6) is 0.482. The standard InChI is InChI=1S/C11H16N6O3/c1-6-9(17(19)20)10(16-11(12-2)14-6)15-7-3-4-8(18)13-5-7/h7H,3-5H2,1-2H3,(H,13,18)(H2,12,14,15,16). The van der Waals surface area contributed by atoms with Crippen LogP contribution in [0.2, 0.25) is 0 Å². The van der Waals surface area contributed by atoms with Gasteiger partial charge in [0.25, 0.3) is 0 Å². The minimum absolute atomic E-state index is 0.00710. The van der Waals surface area contributed by atoms with Gasteiger partial charge in [-0.05, 0) is 13.3 Å². The van der Waals surface area contributed by atoms with Gasteiger partial charge in [-0.2, -0.15) is 4.98 Å². The zero-order valence-corrected chi connectivity index (χ0v) is 11.3. The molecule has 1 fully saturated rings. The molecule has 3 N–H and O–H groups in total. The van der Waals surface area contributed by atoms with Gasteiger partial charge in [0, 0.05) is 26.1 Å². The number of carbonyl (C=O) groups excluding carboxylic acids is 1. The van der Waals surface area contributed by atoms with Gasteiger partial charge in [0.2, 0.25) is 17.7 Å². The third kappa shape index (κ3) is 2.92. The first-order valence-electron chi connectivity index (χ1n) is 6.25. The lowest BCUT2D eigenvalue weighted by Crippen LogP contribution is -2.42. The highest BCUT2D eigenvalue weighted by molar-refractivity contribution is 5.77. The van der Waals surface area contributed by atoms with Crippen LogP contribution in [0.25, 0.3) is 0 Å². The monoisotopic (exact) mass is 280 g/mol. The first kappa shape index (κ1) is 14.0. The Kier molecular flexibility index (Phi) is 3.97. The Morgan fingerprint density at radius 1 is 1.45 bits per heavy atom. The first-order valence-corrected chi connectivity index (χ1v) is 6.25. The molecule has 0 radical (unpaired) electrons. The maximum absolute atomic E-state index is 11.1. The largest absolute Gasteiger partial charge is 0.360 e. The van der Waals surface area contributed by atoms with Gasteiger partial charge >= 0.3 is 5.69 Å². The molecule has 1 aliphatic rings. The smallest absolute Gasteiger partial charge is 0.332 e. The molecule has 2 rings (SSSR count). The van der Waals surface area contributed by atoms with Crippen molar-refractivity contribution < 1.29 is 9.72 Å². The second-order valence-electron chi connectivity index (χ2n) is 4.52. The van der Waals surface area contributed by atoms with E-state index in [1.807, 2.05) is 0 Å². The van der Waals surface area contributed by atoms with Gasteiger partial charge in [-0.25, -0.2) is 4.98 Å². The molecule has 1 aromatic heterocycles. The van der Waals surface area contributed by atoms with Crippen LogP contribution in [-0.2, 0) is 4.79 Å².